The number of carbonyl (C=O) groups excluding carboxylic acids is 16. The molecular weight excluding hydrogens is 1840 g/mol. The van der Waals surface area contributed by atoms with Crippen molar-refractivity contribution in [3.8, 4) is 0 Å². The molecular formula is C107H104O33Si. The van der Waals surface area contributed by atoms with Crippen molar-refractivity contribution in [3.63, 3.8) is 0 Å². The summed E-state index contributed by atoms with van der Waals surface area (Å²) in [7, 11) is -3.78. The maximum Gasteiger partial charge on any atom is 0.348 e. The minimum Gasteiger partial charge on any atom is -0.461 e. The zero-order valence-corrected chi connectivity index (χ0v) is 78.3. The molecule has 0 spiro atoms. The van der Waals surface area contributed by atoms with Crippen molar-refractivity contribution in [1.29, 1.82) is 0 Å². The number of esters is 16. The van der Waals surface area contributed by atoms with Crippen LogP contribution in [-0.2, 0) is 210 Å². The van der Waals surface area contributed by atoms with Crippen LogP contribution in [-0.4, -0.2) is 159 Å². The molecule has 0 saturated carbocycles. The van der Waals surface area contributed by atoms with E-state index >= 15 is 0 Å². The van der Waals surface area contributed by atoms with Gasteiger partial charge < -0.3 is 80.2 Å². The first-order valence-corrected chi connectivity index (χ1v) is 46.5. The number of carbonyl (C=O) groups is 16. The largest absolute Gasteiger partial charge is 0.461 e. The van der Waals surface area contributed by atoms with E-state index in [1.54, 1.807) is 243 Å². The lowest BCUT2D eigenvalue weighted by atomic mass is 10.2. The van der Waals surface area contributed by atoms with Crippen molar-refractivity contribution in [2.24, 2.45) is 0 Å². The smallest absolute Gasteiger partial charge is 0.348 e. The van der Waals surface area contributed by atoms with E-state index in [1.807, 2.05) is 45.0 Å². The van der Waals surface area contributed by atoms with E-state index in [9.17, 15) is 76.7 Å². The first kappa shape index (κ1) is 107. The molecule has 10 aromatic rings. The molecule has 141 heavy (non-hydrogen) atoms. The van der Waals surface area contributed by atoms with Gasteiger partial charge >= 0.3 is 95.5 Å². The van der Waals surface area contributed by atoms with Crippen LogP contribution >= 0.6 is 0 Å². The fraction of sp³-hybridized carbons (Fsp3) is 0.271. The Labute approximate surface area is 812 Å². The second-order valence-electron chi connectivity index (χ2n) is 32.5. The van der Waals surface area contributed by atoms with E-state index in [4.69, 9.17) is 80.2 Å². The highest BCUT2D eigenvalue weighted by Crippen LogP contribution is 2.39. The Balaban J connectivity index is 0.907. The van der Waals surface area contributed by atoms with Crippen LogP contribution in [0.15, 0.2) is 316 Å². The van der Waals surface area contributed by atoms with Gasteiger partial charge in [0.25, 0.3) is 8.32 Å². The van der Waals surface area contributed by atoms with Gasteiger partial charge in [-0.2, -0.15) is 0 Å². The molecule has 0 aliphatic carbocycles. The van der Waals surface area contributed by atoms with Crippen molar-refractivity contribution in [2.45, 2.75) is 179 Å². The summed E-state index contributed by atoms with van der Waals surface area (Å²) in [5.41, 5.74) is 3.37. The van der Waals surface area contributed by atoms with Crippen molar-refractivity contribution in [2.75, 3.05) is 6.61 Å². The molecule has 0 fully saturated rings. The van der Waals surface area contributed by atoms with Gasteiger partial charge in [-0.3, -0.25) is 38.4 Å². The fourth-order valence-corrected chi connectivity index (χ4v) is 18.4. The maximum absolute atomic E-state index is 14.9. The van der Waals surface area contributed by atoms with E-state index in [0.29, 0.717) is 54.9 Å². The van der Waals surface area contributed by atoms with E-state index in [-0.39, 0.29) is 19.8 Å². The Kier molecular flexibility index (Phi) is 42.2. The number of ether oxygens (including phenoxy) is 16. The van der Waals surface area contributed by atoms with Crippen molar-refractivity contribution in [1.82, 2.24) is 0 Å². The molecule has 0 heterocycles. The molecule has 0 N–H and O–H groups in total. The Bertz CT molecular complexity index is 5760. The Morgan fingerprint density at radius 3 is 0.532 bits per heavy atom. The molecule has 8 atom stereocenters. The second kappa shape index (κ2) is 55.7. The minimum atomic E-state index is -3.78. The van der Waals surface area contributed by atoms with Crippen LogP contribution in [0.2, 0.25) is 5.04 Å². The zero-order chi connectivity index (χ0) is 101. The van der Waals surface area contributed by atoms with Crippen LogP contribution in [0.4, 0.5) is 0 Å². The monoisotopic (exact) mass is 1940 g/mol. The molecule has 0 saturated heterocycles. The molecule has 0 unspecified atom stereocenters. The van der Waals surface area contributed by atoms with Gasteiger partial charge in [0.1, 0.15) is 59.5 Å². The van der Waals surface area contributed by atoms with E-state index in [1.165, 1.54) is 42.5 Å². The molecule has 0 aliphatic rings. The molecule has 10 aromatic carbocycles. The average Bonchev–Trinajstić information content (AvgIpc) is 0.739. The minimum absolute atomic E-state index is 0.270. The normalized spacial score (nSPS) is 12.7. The maximum atomic E-state index is 14.9. The third-order valence-electron chi connectivity index (χ3n) is 20.7. The fourth-order valence-electron chi connectivity index (χ4n) is 13.7. The predicted octanol–water partition coefficient (Wildman–Crippen LogP) is 12.1. The lowest BCUT2D eigenvalue weighted by molar-refractivity contribution is -0.185. The summed E-state index contributed by atoms with van der Waals surface area (Å²) in [6.45, 7) is 5.20. The number of hydrogen-bond acceptors (Lipinski definition) is 33. The van der Waals surface area contributed by atoms with E-state index < -0.39 is 249 Å². The topological polar surface area (TPSA) is 430 Å². The lowest BCUT2D eigenvalue weighted by Crippen LogP contribution is -2.68. The first-order chi connectivity index (χ1) is 68.1. The standard InChI is InChI=1S/C107H104O33Si/c1-5-56-124-91(108)57-83(99(116)125-65-73-36-16-6-17-37-73)133-92(109)58-84(100(117)126-66-74-38-18-7-19-39-74)134-93(110)59-85(101(118)127-67-75-40-20-8-21-41-75)135-94(111)60-86(102(119)128-68-76-42-22-9-23-43-76)136-95(112)61-87(103(120)129-69-77-44-24-10-25-45-77)137-96(113)62-88(104(121)130-70-78-46-26-11-27-47-78)138-97(114)63-89(105(122)131-71-79-48-28-12-29-49-79)139-98(115)64-90(106(123)132-72-80-50-30-13-31-51-80)140-141(107(2,3)4,81-52-32-14-33-53-81)82-54-34-15-35-55-82/h5-55,83-90H,1,56-72H2,2-4H3/t83-,84-,85-,86-,87-,88-,89-,90-/m0/s1. The number of rotatable bonds is 53. The van der Waals surface area contributed by atoms with Gasteiger partial charge in [-0.25, -0.2) is 38.4 Å². The quantitative estimate of drug-likeness (QED) is 0.0148. The molecule has 0 amide bonds. The predicted molar refractivity (Wildman–Crippen MR) is 500 cm³/mol. The van der Waals surface area contributed by atoms with Gasteiger partial charge in [-0.05, 0) is 59.9 Å². The Morgan fingerprint density at radius 1 is 0.220 bits per heavy atom. The van der Waals surface area contributed by atoms with Crippen molar-refractivity contribution in [3.05, 3.63) is 360 Å². The Hall–Kier alpha value is -16.4. The van der Waals surface area contributed by atoms with Crippen LogP contribution in [0, 0.1) is 0 Å². The van der Waals surface area contributed by atoms with E-state index in [2.05, 4.69) is 6.58 Å². The summed E-state index contributed by atoms with van der Waals surface area (Å²) in [6.07, 6.45) is -26.9. The van der Waals surface area contributed by atoms with Crippen LogP contribution in [0.1, 0.15) is 117 Å². The first-order valence-electron chi connectivity index (χ1n) is 44.6. The van der Waals surface area contributed by atoms with Gasteiger partial charge in [-0.1, -0.05) is 337 Å². The van der Waals surface area contributed by atoms with Crippen LogP contribution in [0.3, 0.4) is 0 Å². The van der Waals surface area contributed by atoms with Gasteiger partial charge in [0, 0.05) is 0 Å². The SMILES string of the molecule is C=CCOC(=O)C[C@H](OC(=O)C[C@H](OC(=O)C[C@H](OC(=O)C[C@H](OC(=O)C[C@H](OC(=O)C[C@H](OC(=O)C[C@H](OC(=O)C[C@H](O[Si](c1ccccc1)(c1ccccc1)C(C)(C)C)C(=O)OCc1ccccc1)C(=O)OCc1ccccc1)C(=O)OCc1ccccc1)C(=O)OCc1ccccc1)C(=O)OCc1ccccc1)C(=O)OCc1ccccc1)C(=O)OCc1ccccc1)C(=O)OCc1ccccc1. The number of benzene rings is 10. The van der Waals surface area contributed by atoms with Gasteiger partial charge in [0.2, 0.25) is 42.7 Å². The molecule has 734 valence electrons. The highest BCUT2D eigenvalue weighted by Gasteiger charge is 2.53. The van der Waals surface area contributed by atoms with Crippen molar-refractivity contribution >= 4 is 114 Å². The van der Waals surface area contributed by atoms with Crippen LogP contribution in [0.25, 0.3) is 0 Å². The average molecular weight is 1950 g/mol. The third-order valence-corrected chi connectivity index (χ3v) is 25.8. The summed E-state index contributed by atoms with van der Waals surface area (Å²) in [6, 6.07) is 82.9. The molecule has 33 nitrogen and oxygen atoms in total. The molecule has 0 aliphatic heterocycles. The third kappa shape index (κ3) is 35.9. The summed E-state index contributed by atoms with van der Waals surface area (Å²) >= 11 is 0. The highest BCUT2D eigenvalue weighted by atomic mass is 28.4. The second-order valence-corrected chi connectivity index (χ2v) is 36.7. The van der Waals surface area contributed by atoms with Crippen LogP contribution in [0.5, 0.6) is 0 Å². The zero-order valence-electron chi connectivity index (χ0n) is 77.3. The highest BCUT2D eigenvalue weighted by molar-refractivity contribution is 6.99. The van der Waals surface area contributed by atoms with Gasteiger partial charge in [0.15, 0.2) is 6.10 Å². The summed E-state index contributed by atoms with van der Waals surface area (Å²) in [4.78, 5) is 229. The summed E-state index contributed by atoms with van der Waals surface area (Å²) in [5.74, 6) is -22.8. The van der Waals surface area contributed by atoms with Gasteiger partial charge in [0.05, 0.1) is 51.4 Å². The van der Waals surface area contributed by atoms with Crippen LogP contribution < -0.4 is 10.4 Å². The van der Waals surface area contributed by atoms with Gasteiger partial charge in [-0.15, -0.1) is 0 Å². The summed E-state index contributed by atoms with van der Waals surface area (Å²) < 4.78 is 95.9. The van der Waals surface area contributed by atoms with E-state index in [0.717, 1.165) is 0 Å². The number of hydrogen-bond donors (Lipinski definition) is 0. The summed E-state index contributed by atoms with van der Waals surface area (Å²) in [5, 5.41) is 0.587. The molecule has 0 radical (unpaired) electrons. The Morgan fingerprint density at radius 2 is 0.369 bits per heavy atom. The molecule has 34 heteroatoms. The van der Waals surface area contributed by atoms with Crippen molar-refractivity contribution < 1.29 is 157 Å². The lowest BCUT2D eigenvalue weighted by Gasteiger charge is -2.44. The molecule has 0 aromatic heterocycles. The molecule has 0 bridgehead atoms. The molecule has 10 rings (SSSR count).